The van der Waals surface area contributed by atoms with Crippen LogP contribution in [0.3, 0.4) is 0 Å². The number of ether oxygens (including phenoxy) is 1. The highest BCUT2D eigenvalue weighted by Gasteiger charge is 2.22. The number of anilines is 1. The Labute approximate surface area is 147 Å². The fourth-order valence-electron chi connectivity index (χ4n) is 2.36. The lowest BCUT2D eigenvalue weighted by Crippen LogP contribution is -2.17. The number of nitrogens with zero attached hydrogens (tertiary/aromatic N) is 1. The molecule has 124 valence electrons. The van der Waals surface area contributed by atoms with Gasteiger partial charge in [-0.05, 0) is 51.5 Å². The molecule has 0 amide bonds. The number of pyridine rings is 1. The lowest BCUT2D eigenvalue weighted by Gasteiger charge is -2.25. The monoisotopic (exact) mass is 376 g/mol. The molecular weight excluding hydrogens is 352 g/mol. The SMILES string of the molecule is CCc1cc(Br)c(OCCNc2ccccn2)c(C(C)(C)C)c1. The summed E-state index contributed by atoms with van der Waals surface area (Å²) in [6.45, 7) is 10.1. The zero-order chi connectivity index (χ0) is 16.9. The number of aromatic nitrogens is 1. The first-order valence-corrected chi connectivity index (χ1v) is 8.81. The summed E-state index contributed by atoms with van der Waals surface area (Å²) in [7, 11) is 0. The van der Waals surface area contributed by atoms with Crippen molar-refractivity contribution < 1.29 is 4.74 Å². The average Bonchev–Trinajstić information content (AvgIpc) is 2.52. The molecular formula is C19H25BrN2O. The van der Waals surface area contributed by atoms with Crippen LogP contribution >= 0.6 is 15.9 Å². The fraction of sp³-hybridized carbons (Fsp3) is 0.421. The van der Waals surface area contributed by atoms with Gasteiger partial charge in [-0.25, -0.2) is 4.98 Å². The van der Waals surface area contributed by atoms with Gasteiger partial charge in [-0.2, -0.15) is 0 Å². The van der Waals surface area contributed by atoms with E-state index >= 15 is 0 Å². The third-order valence-corrected chi connectivity index (χ3v) is 4.23. The molecule has 2 aromatic rings. The number of rotatable bonds is 6. The van der Waals surface area contributed by atoms with Gasteiger partial charge in [-0.15, -0.1) is 0 Å². The average molecular weight is 377 g/mol. The zero-order valence-electron chi connectivity index (χ0n) is 14.3. The molecule has 0 saturated heterocycles. The van der Waals surface area contributed by atoms with E-state index in [0.717, 1.165) is 22.5 Å². The van der Waals surface area contributed by atoms with Gasteiger partial charge in [0, 0.05) is 11.8 Å². The Kier molecular flexibility index (Phi) is 6.05. The van der Waals surface area contributed by atoms with Crippen LogP contribution in [0.1, 0.15) is 38.8 Å². The summed E-state index contributed by atoms with van der Waals surface area (Å²) in [4.78, 5) is 4.24. The number of hydrogen-bond donors (Lipinski definition) is 1. The molecule has 1 aromatic carbocycles. The number of benzene rings is 1. The molecule has 1 heterocycles. The molecule has 0 saturated carbocycles. The van der Waals surface area contributed by atoms with E-state index in [9.17, 15) is 0 Å². The Morgan fingerprint density at radius 3 is 2.61 bits per heavy atom. The predicted octanol–water partition coefficient (Wildman–Crippen LogP) is 5.19. The van der Waals surface area contributed by atoms with E-state index in [4.69, 9.17) is 4.74 Å². The Hall–Kier alpha value is -1.55. The molecule has 4 heteroatoms. The first kappa shape index (κ1) is 17.8. The molecule has 1 aromatic heterocycles. The molecule has 1 N–H and O–H groups in total. The van der Waals surface area contributed by atoms with Crippen LogP contribution in [0.25, 0.3) is 0 Å². The predicted molar refractivity (Wildman–Crippen MR) is 100 cm³/mol. The van der Waals surface area contributed by atoms with E-state index in [0.29, 0.717) is 13.2 Å². The molecule has 0 atom stereocenters. The van der Waals surface area contributed by atoms with Gasteiger partial charge >= 0.3 is 0 Å². The number of halogens is 1. The number of aryl methyl sites for hydroxylation is 1. The van der Waals surface area contributed by atoms with Gasteiger partial charge in [0.1, 0.15) is 18.2 Å². The van der Waals surface area contributed by atoms with Gasteiger partial charge in [0.25, 0.3) is 0 Å². The lowest BCUT2D eigenvalue weighted by atomic mass is 9.85. The van der Waals surface area contributed by atoms with Crippen LogP contribution in [-0.2, 0) is 11.8 Å². The summed E-state index contributed by atoms with van der Waals surface area (Å²) in [5.41, 5.74) is 2.60. The maximum Gasteiger partial charge on any atom is 0.137 e. The van der Waals surface area contributed by atoms with Crippen molar-refractivity contribution in [1.29, 1.82) is 0 Å². The van der Waals surface area contributed by atoms with Crippen molar-refractivity contribution in [3.05, 3.63) is 52.1 Å². The van der Waals surface area contributed by atoms with Gasteiger partial charge < -0.3 is 10.1 Å². The van der Waals surface area contributed by atoms with Gasteiger partial charge in [0.05, 0.1) is 11.0 Å². The normalized spacial score (nSPS) is 11.3. The van der Waals surface area contributed by atoms with Crippen molar-refractivity contribution in [1.82, 2.24) is 4.98 Å². The quantitative estimate of drug-likeness (QED) is 0.703. The van der Waals surface area contributed by atoms with Crippen LogP contribution in [0.5, 0.6) is 5.75 Å². The summed E-state index contributed by atoms with van der Waals surface area (Å²) in [5, 5.41) is 3.26. The Bertz CT molecular complexity index is 636. The Balaban J connectivity index is 2.07. The summed E-state index contributed by atoms with van der Waals surface area (Å²) in [6.07, 6.45) is 2.80. The minimum absolute atomic E-state index is 0.0391. The van der Waals surface area contributed by atoms with E-state index in [2.05, 4.69) is 66.1 Å². The number of hydrogen-bond acceptors (Lipinski definition) is 3. The first-order valence-electron chi connectivity index (χ1n) is 8.02. The first-order chi connectivity index (χ1) is 10.9. The minimum atomic E-state index is 0.0391. The minimum Gasteiger partial charge on any atom is -0.490 e. The standard InChI is InChI=1S/C19H25BrN2O/c1-5-14-12-15(19(2,3)4)18(16(20)13-14)23-11-10-22-17-8-6-7-9-21-17/h6-9,12-13H,5,10-11H2,1-4H3,(H,21,22). The molecule has 0 aliphatic rings. The van der Waals surface area contributed by atoms with Crippen LogP contribution in [-0.4, -0.2) is 18.1 Å². The highest BCUT2D eigenvalue weighted by molar-refractivity contribution is 9.10. The van der Waals surface area contributed by atoms with Crippen molar-refractivity contribution in [2.24, 2.45) is 0 Å². The molecule has 2 rings (SSSR count). The maximum absolute atomic E-state index is 6.08. The highest BCUT2D eigenvalue weighted by Crippen LogP contribution is 2.38. The molecule has 0 bridgehead atoms. The summed E-state index contributed by atoms with van der Waals surface area (Å²) < 4.78 is 7.11. The second-order valence-electron chi connectivity index (χ2n) is 6.55. The molecule has 23 heavy (non-hydrogen) atoms. The topological polar surface area (TPSA) is 34.1 Å². The van der Waals surface area contributed by atoms with Crippen molar-refractivity contribution in [3.8, 4) is 5.75 Å². The van der Waals surface area contributed by atoms with Gasteiger partial charge in [-0.1, -0.05) is 39.8 Å². The Morgan fingerprint density at radius 1 is 1.22 bits per heavy atom. The molecule has 0 unspecified atom stereocenters. The van der Waals surface area contributed by atoms with Crippen LogP contribution in [0, 0.1) is 0 Å². The van der Waals surface area contributed by atoms with Crippen LogP contribution in [0.2, 0.25) is 0 Å². The van der Waals surface area contributed by atoms with Crippen molar-refractivity contribution in [2.75, 3.05) is 18.5 Å². The molecule has 0 aliphatic carbocycles. The summed E-state index contributed by atoms with van der Waals surface area (Å²) >= 11 is 3.67. The van der Waals surface area contributed by atoms with Gasteiger partial charge in [-0.3, -0.25) is 0 Å². The Morgan fingerprint density at radius 2 is 2.00 bits per heavy atom. The lowest BCUT2D eigenvalue weighted by molar-refractivity contribution is 0.320. The smallest absolute Gasteiger partial charge is 0.137 e. The molecule has 0 aliphatic heterocycles. The molecule has 0 spiro atoms. The van der Waals surface area contributed by atoms with E-state index < -0.39 is 0 Å². The highest BCUT2D eigenvalue weighted by atomic mass is 79.9. The van der Waals surface area contributed by atoms with Crippen LogP contribution < -0.4 is 10.1 Å². The van der Waals surface area contributed by atoms with Crippen LogP contribution in [0.4, 0.5) is 5.82 Å². The second kappa shape index (κ2) is 7.82. The van der Waals surface area contributed by atoms with E-state index in [1.807, 2.05) is 18.2 Å². The van der Waals surface area contributed by atoms with E-state index in [1.165, 1.54) is 11.1 Å². The van der Waals surface area contributed by atoms with Crippen molar-refractivity contribution in [3.63, 3.8) is 0 Å². The number of nitrogens with one attached hydrogen (secondary N) is 1. The van der Waals surface area contributed by atoms with Crippen molar-refractivity contribution in [2.45, 2.75) is 39.5 Å². The second-order valence-corrected chi connectivity index (χ2v) is 7.40. The summed E-state index contributed by atoms with van der Waals surface area (Å²) in [5.74, 6) is 1.81. The van der Waals surface area contributed by atoms with Crippen LogP contribution in [0.15, 0.2) is 41.0 Å². The molecule has 0 fully saturated rings. The molecule has 0 radical (unpaired) electrons. The van der Waals surface area contributed by atoms with E-state index in [-0.39, 0.29) is 5.41 Å². The summed E-state index contributed by atoms with van der Waals surface area (Å²) in [6, 6.07) is 10.2. The van der Waals surface area contributed by atoms with E-state index in [1.54, 1.807) is 6.20 Å². The third-order valence-electron chi connectivity index (χ3n) is 3.64. The third kappa shape index (κ3) is 4.96. The molecule has 3 nitrogen and oxygen atoms in total. The van der Waals surface area contributed by atoms with Gasteiger partial charge in [0.15, 0.2) is 0 Å². The largest absolute Gasteiger partial charge is 0.490 e. The zero-order valence-corrected chi connectivity index (χ0v) is 15.9. The van der Waals surface area contributed by atoms with Crippen molar-refractivity contribution >= 4 is 21.7 Å². The maximum atomic E-state index is 6.08. The fourth-order valence-corrected chi connectivity index (χ4v) is 2.98. The van der Waals surface area contributed by atoms with Gasteiger partial charge in [0.2, 0.25) is 0 Å².